The summed E-state index contributed by atoms with van der Waals surface area (Å²) < 4.78 is 43.6. The van der Waals surface area contributed by atoms with Crippen molar-refractivity contribution in [3.63, 3.8) is 0 Å². The first-order valence-electron chi connectivity index (χ1n) is 7.75. The number of hydrogen-bond donors (Lipinski definition) is 0. The Morgan fingerprint density at radius 1 is 1.44 bits per heavy atom. The topological polar surface area (TPSA) is 75.5 Å². The number of hydrogen-bond acceptors (Lipinski definition) is 6. The van der Waals surface area contributed by atoms with Crippen molar-refractivity contribution in [1.29, 1.82) is 0 Å². The van der Waals surface area contributed by atoms with Gasteiger partial charge in [0.25, 0.3) is 0 Å². The molecule has 1 aliphatic heterocycles. The molecule has 25 heavy (non-hydrogen) atoms. The maximum absolute atomic E-state index is 13.8. The minimum Gasteiger partial charge on any atom is -0.463 e. The third kappa shape index (κ3) is 4.30. The predicted octanol–water partition coefficient (Wildman–Crippen LogP) is 1.72. The normalized spacial score (nSPS) is 16.8. The van der Waals surface area contributed by atoms with Gasteiger partial charge in [0.2, 0.25) is 0 Å². The first-order valence-corrected chi connectivity index (χ1v) is 7.75. The number of aromatic nitrogens is 3. The van der Waals surface area contributed by atoms with Crippen LogP contribution in [0, 0.1) is 17.6 Å². The zero-order valence-corrected chi connectivity index (χ0v) is 13.6. The van der Waals surface area contributed by atoms with Gasteiger partial charge in [-0.05, 0) is 18.6 Å². The number of nitrogens with zero attached hydrogens (tertiary/aromatic N) is 3. The molecule has 3 rings (SSSR count). The Kier molecular flexibility index (Phi) is 5.22. The van der Waals surface area contributed by atoms with Crippen molar-refractivity contribution in [2.45, 2.75) is 6.42 Å². The van der Waals surface area contributed by atoms with Crippen molar-refractivity contribution in [1.82, 2.24) is 14.8 Å². The maximum Gasteiger partial charge on any atom is 0.344 e. The first kappa shape index (κ1) is 17.3. The molecule has 0 amide bonds. The molecule has 2 heterocycles. The molecule has 0 spiro atoms. The van der Waals surface area contributed by atoms with Gasteiger partial charge in [0, 0.05) is 25.6 Å². The van der Waals surface area contributed by atoms with Crippen LogP contribution in [0.4, 0.5) is 8.78 Å². The first-order chi connectivity index (χ1) is 12.0. The zero-order chi connectivity index (χ0) is 17.8. The van der Waals surface area contributed by atoms with Gasteiger partial charge in [-0.1, -0.05) is 0 Å². The van der Waals surface area contributed by atoms with Crippen molar-refractivity contribution >= 4 is 5.97 Å². The van der Waals surface area contributed by atoms with Crippen molar-refractivity contribution < 1.29 is 27.8 Å². The third-order valence-corrected chi connectivity index (χ3v) is 3.74. The summed E-state index contributed by atoms with van der Waals surface area (Å²) in [4.78, 5) is 15.7. The average molecular weight is 353 g/mol. The third-order valence-electron chi connectivity index (χ3n) is 3.74. The molecule has 1 saturated heterocycles. The number of carbonyl (C=O) groups excluding carboxylic acids is 1. The Labute approximate surface area is 142 Å². The minimum absolute atomic E-state index is 0.0788. The van der Waals surface area contributed by atoms with Crippen LogP contribution in [0.2, 0.25) is 0 Å². The van der Waals surface area contributed by atoms with Gasteiger partial charge >= 0.3 is 12.0 Å². The molecule has 0 saturated carbocycles. The van der Waals surface area contributed by atoms with Crippen LogP contribution < -0.4 is 4.74 Å². The highest BCUT2D eigenvalue weighted by Gasteiger charge is 2.19. The molecule has 0 bridgehead atoms. The SMILES string of the molecule is Cn1nc(OCC(=O)OCC2CCOC2)nc1-c1ccc(F)cc1F. The number of benzene rings is 1. The summed E-state index contributed by atoms with van der Waals surface area (Å²) in [6, 6.07) is 3.05. The molecule has 9 heteroatoms. The van der Waals surface area contributed by atoms with Crippen LogP contribution in [-0.2, 0) is 21.3 Å². The highest BCUT2D eigenvalue weighted by molar-refractivity contribution is 5.71. The van der Waals surface area contributed by atoms with Gasteiger partial charge in [-0.15, -0.1) is 5.10 Å². The second-order valence-electron chi connectivity index (χ2n) is 5.67. The molecule has 0 N–H and O–H groups in total. The van der Waals surface area contributed by atoms with Crippen molar-refractivity contribution in [3.8, 4) is 17.4 Å². The van der Waals surface area contributed by atoms with Gasteiger partial charge in [-0.3, -0.25) is 0 Å². The summed E-state index contributed by atoms with van der Waals surface area (Å²) in [5.74, 6) is -1.63. The quantitative estimate of drug-likeness (QED) is 0.736. The summed E-state index contributed by atoms with van der Waals surface area (Å²) in [5, 5.41) is 3.96. The van der Waals surface area contributed by atoms with E-state index in [9.17, 15) is 13.6 Å². The number of rotatable bonds is 6. The fraction of sp³-hybridized carbons (Fsp3) is 0.438. The lowest BCUT2D eigenvalue weighted by atomic mass is 10.1. The van der Waals surface area contributed by atoms with Gasteiger partial charge in [0.15, 0.2) is 12.4 Å². The highest BCUT2D eigenvalue weighted by atomic mass is 19.1. The summed E-state index contributed by atoms with van der Waals surface area (Å²) in [7, 11) is 1.54. The molecule has 0 radical (unpaired) electrons. The number of halogens is 2. The molecular weight excluding hydrogens is 336 g/mol. The number of carbonyl (C=O) groups is 1. The Morgan fingerprint density at radius 3 is 3.00 bits per heavy atom. The predicted molar refractivity (Wildman–Crippen MR) is 81.7 cm³/mol. The maximum atomic E-state index is 13.8. The Hall–Kier alpha value is -2.55. The van der Waals surface area contributed by atoms with Gasteiger partial charge in [-0.25, -0.2) is 18.3 Å². The molecule has 1 unspecified atom stereocenters. The van der Waals surface area contributed by atoms with Crippen molar-refractivity contribution in [2.75, 3.05) is 26.4 Å². The summed E-state index contributed by atoms with van der Waals surface area (Å²) in [5.41, 5.74) is 0.0788. The summed E-state index contributed by atoms with van der Waals surface area (Å²) in [6.07, 6.45) is 0.864. The monoisotopic (exact) mass is 353 g/mol. The Bertz CT molecular complexity index is 760. The smallest absolute Gasteiger partial charge is 0.344 e. The van der Waals surface area contributed by atoms with E-state index in [-0.39, 0.29) is 36.5 Å². The minimum atomic E-state index is -0.764. The van der Waals surface area contributed by atoms with E-state index >= 15 is 0 Å². The Balaban J connectivity index is 1.57. The van der Waals surface area contributed by atoms with E-state index < -0.39 is 17.6 Å². The second-order valence-corrected chi connectivity index (χ2v) is 5.67. The molecule has 1 atom stereocenters. The van der Waals surface area contributed by atoms with Crippen LogP contribution in [-0.4, -0.2) is 47.2 Å². The summed E-state index contributed by atoms with van der Waals surface area (Å²) >= 11 is 0. The van der Waals surface area contributed by atoms with Gasteiger partial charge in [-0.2, -0.15) is 4.98 Å². The second kappa shape index (κ2) is 7.56. The van der Waals surface area contributed by atoms with E-state index in [2.05, 4.69) is 10.1 Å². The average Bonchev–Trinajstić information content (AvgIpc) is 3.21. The molecule has 1 aromatic carbocycles. The van der Waals surface area contributed by atoms with Gasteiger partial charge < -0.3 is 14.2 Å². The molecule has 1 aliphatic rings. The molecule has 134 valence electrons. The van der Waals surface area contributed by atoms with Crippen molar-refractivity contribution in [3.05, 3.63) is 29.8 Å². The van der Waals surface area contributed by atoms with Crippen LogP contribution in [0.25, 0.3) is 11.4 Å². The molecule has 0 aliphatic carbocycles. The molecular formula is C16H17F2N3O4. The lowest BCUT2D eigenvalue weighted by Crippen LogP contribution is -2.19. The van der Waals surface area contributed by atoms with E-state index in [1.165, 1.54) is 17.8 Å². The highest BCUT2D eigenvalue weighted by Crippen LogP contribution is 2.23. The molecule has 1 fully saturated rings. The molecule has 7 nitrogen and oxygen atoms in total. The van der Waals surface area contributed by atoms with Gasteiger partial charge in [0.1, 0.15) is 11.6 Å². The fourth-order valence-corrected chi connectivity index (χ4v) is 2.42. The van der Waals surface area contributed by atoms with Crippen LogP contribution in [0.15, 0.2) is 18.2 Å². The van der Waals surface area contributed by atoms with Crippen molar-refractivity contribution in [2.24, 2.45) is 13.0 Å². The lowest BCUT2D eigenvalue weighted by molar-refractivity contribution is -0.147. The van der Waals surface area contributed by atoms with E-state index in [1.54, 1.807) is 0 Å². The van der Waals surface area contributed by atoms with E-state index in [0.717, 1.165) is 18.6 Å². The fourth-order valence-electron chi connectivity index (χ4n) is 2.42. The van der Waals surface area contributed by atoms with Crippen LogP contribution in [0.3, 0.4) is 0 Å². The van der Waals surface area contributed by atoms with Crippen LogP contribution in [0.1, 0.15) is 6.42 Å². The van der Waals surface area contributed by atoms with E-state index in [1.807, 2.05) is 0 Å². The molecule has 1 aromatic heterocycles. The molecule has 2 aromatic rings. The van der Waals surface area contributed by atoms with Crippen LogP contribution in [0.5, 0.6) is 6.01 Å². The zero-order valence-electron chi connectivity index (χ0n) is 13.6. The van der Waals surface area contributed by atoms with E-state index in [0.29, 0.717) is 13.2 Å². The summed E-state index contributed by atoms with van der Waals surface area (Å²) in [6.45, 7) is 1.19. The largest absolute Gasteiger partial charge is 0.463 e. The number of ether oxygens (including phenoxy) is 3. The van der Waals surface area contributed by atoms with E-state index in [4.69, 9.17) is 14.2 Å². The van der Waals surface area contributed by atoms with Crippen LogP contribution >= 0.6 is 0 Å². The van der Waals surface area contributed by atoms with Gasteiger partial charge in [0.05, 0.1) is 18.8 Å². The standard InChI is InChI=1S/C16H17F2N3O4/c1-21-15(12-3-2-11(17)6-13(12)18)19-16(20-21)25-9-14(22)24-8-10-4-5-23-7-10/h2-3,6,10H,4-5,7-9H2,1H3. The Morgan fingerprint density at radius 2 is 2.28 bits per heavy atom. The lowest BCUT2D eigenvalue weighted by Gasteiger charge is -2.08. The number of aryl methyl sites for hydroxylation is 1. The number of esters is 1.